The summed E-state index contributed by atoms with van der Waals surface area (Å²) in [5.74, 6) is -0.704. The molecule has 3 aromatic rings. The Kier molecular flexibility index (Phi) is 4.43. The molecular weight excluding hydrogens is 394 g/mol. The van der Waals surface area contributed by atoms with Gasteiger partial charge in [-0.25, -0.2) is 0 Å². The van der Waals surface area contributed by atoms with Gasteiger partial charge >= 0.3 is 0 Å². The maximum atomic E-state index is 13.5. The summed E-state index contributed by atoms with van der Waals surface area (Å²) in [4.78, 5) is 28.4. The second-order valence-electron chi connectivity index (χ2n) is 8.80. The van der Waals surface area contributed by atoms with Crippen LogP contribution < -0.4 is 0 Å². The van der Waals surface area contributed by atoms with Crippen LogP contribution in [0.15, 0.2) is 109 Å². The second kappa shape index (κ2) is 7.45. The number of likely N-dealkylation sites (tertiary alicyclic amines) is 1. The third kappa shape index (κ3) is 2.81. The first-order valence-corrected chi connectivity index (χ1v) is 11.2. The van der Waals surface area contributed by atoms with Crippen LogP contribution in [0.2, 0.25) is 0 Å². The van der Waals surface area contributed by atoms with E-state index in [4.69, 9.17) is 0 Å². The zero-order chi connectivity index (χ0) is 21.7. The van der Waals surface area contributed by atoms with Crippen LogP contribution in [0.4, 0.5) is 0 Å². The third-order valence-electron chi connectivity index (χ3n) is 7.10. The lowest BCUT2D eigenvalue weighted by Gasteiger charge is -2.21. The lowest BCUT2D eigenvalue weighted by molar-refractivity contribution is -0.141. The van der Waals surface area contributed by atoms with Crippen LogP contribution in [-0.4, -0.2) is 16.7 Å². The molecule has 4 atom stereocenters. The van der Waals surface area contributed by atoms with E-state index >= 15 is 0 Å². The van der Waals surface area contributed by atoms with Gasteiger partial charge in [-0.05, 0) is 27.8 Å². The van der Waals surface area contributed by atoms with Gasteiger partial charge in [0.25, 0.3) is 0 Å². The molecule has 2 amide bonds. The SMILES string of the molecule is O=C1[C@@H]2[C@H](C(=O)N1Cc1ccccc1)[C@@H]1C=C[C@@H]2C1=C(c1ccccc1)c1ccccc1. The van der Waals surface area contributed by atoms with Crippen LogP contribution in [0.25, 0.3) is 5.57 Å². The molecule has 0 aromatic heterocycles. The van der Waals surface area contributed by atoms with Gasteiger partial charge in [-0.3, -0.25) is 14.5 Å². The van der Waals surface area contributed by atoms with Gasteiger partial charge in [-0.1, -0.05) is 103 Å². The van der Waals surface area contributed by atoms with E-state index < -0.39 is 0 Å². The number of nitrogens with zero attached hydrogens (tertiary/aromatic N) is 1. The molecule has 156 valence electrons. The highest BCUT2D eigenvalue weighted by Gasteiger charge is 2.62. The summed E-state index contributed by atoms with van der Waals surface area (Å²) in [7, 11) is 0. The predicted molar refractivity (Wildman–Crippen MR) is 124 cm³/mol. The van der Waals surface area contributed by atoms with E-state index in [1.54, 1.807) is 0 Å². The van der Waals surface area contributed by atoms with Crippen LogP contribution >= 0.6 is 0 Å². The first-order valence-electron chi connectivity index (χ1n) is 11.2. The van der Waals surface area contributed by atoms with Crippen LogP contribution in [-0.2, 0) is 16.1 Å². The average Bonchev–Trinajstić information content (AvgIpc) is 3.47. The number of fused-ring (bicyclic) bond motifs is 5. The highest BCUT2D eigenvalue weighted by molar-refractivity contribution is 6.08. The molecule has 0 spiro atoms. The Balaban J connectivity index is 1.44. The maximum absolute atomic E-state index is 13.5. The van der Waals surface area contributed by atoms with Gasteiger partial charge in [0.15, 0.2) is 0 Å². The van der Waals surface area contributed by atoms with Gasteiger partial charge in [-0.15, -0.1) is 0 Å². The van der Waals surface area contributed by atoms with Crippen molar-refractivity contribution in [3.63, 3.8) is 0 Å². The summed E-state index contributed by atoms with van der Waals surface area (Å²) < 4.78 is 0. The van der Waals surface area contributed by atoms with Crippen molar-refractivity contribution in [1.29, 1.82) is 0 Å². The van der Waals surface area contributed by atoms with Crippen molar-refractivity contribution < 1.29 is 9.59 Å². The van der Waals surface area contributed by atoms with E-state index in [1.165, 1.54) is 10.5 Å². The molecule has 0 unspecified atom stereocenters. The number of rotatable bonds is 4. The number of carbonyl (C=O) groups excluding carboxylic acids is 2. The summed E-state index contributed by atoms with van der Waals surface area (Å²) >= 11 is 0. The molecule has 1 aliphatic heterocycles. The van der Waals surface area contributed by atoms with Crippen molar-refractivity contribution in [2.75, 3.05) is 0 Å². The number of benzene rings is 3. The summed E-state index contributed by atoms with van der Waals surface area (Å²) in [6, 6.07) is 30.5. The van der Waals surface area contributed by atoms with Crippen molar-refractivity contribution in [2.24, 2.45) is 23.7 Å². The summed E-state index contributed by atoms with van der Waals surface area (Å²) in [6.07, 6.45) is 4.31. The Labute approximate surface area is 187 Å². The average molecular weight is 418 g/mol. The molecule has 3 heteroatoms. The molecule has 3 aliphatic rings. The van der Waals surface area contributed by atoms with E-state index in [0.717, 1.165) is 22.3 Å². The Morgan fingerprint density at radius 3 is 1.53 bits per heavy atom. The Bertz CT molecular complexity index is 1170. The molecule has 2 aliphatic carbocycles. The quantitative estimate of drug-likeness (QED) is 0.437. The molecule has 0 N–H and O–H groups in total. The molecule has 1 saturated heterocycles. The highest BCUT2D eigenvalue weighted by Crippen LogP contribution is 2.58. The highest BCUT2D eigenvalue weighted by atomic mass is 16.2. The fraction of sp³-hybridized carbons (Fsp3) is 0.172. The number of imide groups is 1. The van der Waals surface area contributed by atoms with Gasteiger partial charge in [-0.2, -0.15) is 0 Å². The van der Waals surface area contributed by atoms with E-state index in [9.17, 15) is 9.59 Å². The molecule has 1 saturated carbocycles. The number of allylic oxidation sites excluding steroid dienone is 3. The van der Waals surface area contributed by atoms with Crippen molar-refractivity contribution >= 4 is 17.4 Å². The number of amides is 2. The molecule has 0 radical (unpaired) electrons. The van der Waals surface area contributed by atoms with Crippen molar-refractivity contribution in [3.05, 3.63) is 125 Å². The summed E-state index contributed by atoms with van der Waals surface area (Å²) in [5.41, 5.74) is 5.63. The zero-order valence-electron chi connectivity index (χ0n) is 17.6. The lowest BCUT2D eigenvalue weighted by Crippen LogP contribution is -2.32. The smallest absolute Gasteiger partial charge is 0.234 e. The van der Waals surface area contributed by atoms with Crippen LogP contribution in [0, 0.1) is 23.7 Å². The molecule has 3 nitrogen and oxygen atoms in total. The maximum Gasteiger partial charge on any atom is 0.234 e. The van der Waals surface area contributed by atoms with E-state index in [2.05, 4.69) is 36.4 Å². The molecule has 3 aromatic carbocycles. The van der Waals surface area contributed by atoms with E-state index in [0.29, 0.717) is 6.54 Å². The topological polar surface area (TPSA) is 37.4 Å². The lowest BCUT2D eigenvalue weighted by atomic mass is 9.85. The van der Waals surface area contributed by atoms with Crippen LogP contribution in [0.5, 0.6) is 0 Å². The first-order chi connectivity index (χ1) is 15.7. The van der Waals surface area contributed by atoms with E-state index in [-0.39, 0.29) is 35.5 Å². The van der Waals surface area contributed by atoms with Gasteiger partial charge in [0.1, 0.15) is 0 Å². The van der Waals surface area contributed by atoms with Crippen LogP contribution in [0.1, 0.15) is 16.7 Å². The molecule has 1 heterocycles. The fourth-order valence-corrected chi connectivity index (χ4v) is 5.79. The number of carbonyl (C=O) groups is 2. The number of hydrogen-bond donors (Lipinski definition) is 0. The largest absolute Gasteiger partial charge is 0.278 e. The molecule has 32 heavy (non-hydrogen) atoms. The minimum absolute atomic E-state index is 0.0290. The molecular formula is C29H23NO2. The molecule has 6 rings (SSSR count). The monoisotopic (exact) mass is 417 g/mol. The van der Waals surface area contributed by atoms with Crippen molar-refractivity contribution in [2.45, 2.75) is 6.54 Å². The van der Waals surface area contributed by atoms with Crippen molar-refractivity contribution in [3.8, 4) is 0 Å². The second-order valence-corrected chi connectivity index (χ2v) is 8.80. The third-order valence-corrected chi connectivity index (χ3v) is 7.10. The molecule has 2 bridgehead atoms. The van der Waals surface area contributed by atoms with Gasteiger partial charge in [0.05, 0.1) is 18.4 Å². The summed E-state index contributed by atoms with van der Waals surface area (Å²) in [6.45, 7) is 0.355. The standard InChI is InChI=1S/C29H23NO2/c31-28-26-22-16-17-23(27(26)29(32)30(28)18-19-10-4-1-5-11-19)25(22)24(20-12-6-2-7-13-20)21-14-8-3-9-15-21/h1-17,22-23,26-27H,18H2/t22-,23-,26-,27+/m1/s1. The molecule has 2 fully saturated rings. The normalized spacial score (nSPS) is 25.5. The fourth-order valence-electron chi connectivity index (χ4n) is 5.79. The van der Waals surface area contributed by atoms with Crippen molar-refractivity contribution in [1.82, 2.24) is 4.90 Å². The minimum atomic E-state index is -0.293. The summed E-state index contributed by atoms with van der Waals surface area (Å²) in [5, 5.41) is 0. The van der Waals surface area contributed by atoms with Gasteiger partial charge in [0.2, 0.25) is 11.8 Å². The van der Waals surface area contributed by atoms with E-state index in [1.807, 2.05) is 66.7 Å². The minimum Gasteiger partial charge on any atom is -0.278 e. The Morgan fingerprint density at radius 2 is 1.06 bits per heavy atom. The number of hydrogen-bond acceptors (Lipinski definition) is 2. The zero-order valence-corrected chi connectivity index (χ0v) is 17.6. The Hall–Kier alpha value is -3.72. The van der Waals surface area contributed by atoms with Crippen LogP contribution in [0.3, 0.4) is 0 Å². The Morgan fingerprint density at radius 1 is 0.625 bits per heavy atom. The predicted octanol–water partition coefficient (Wildman–Crippen LogP) is 5.11. The first kappa shape index (κ1) is 19.0. The van der Waals surface area contributed by atoms with Gasteiger partial charge in [0, 0.05) is 11.8 Å². The van der Waals surface area contributed by atoms with Gasteiger partial charge < -0.3 is 0 Å².